The molecule has 2 aromatic rings. The fourth-order valence-corrected chi connectivity index (χ4v) is 3.60. The highest BCUT2D eigenvalue weighted by Crippen LogP contribution is 2.28. The molecule has 0 radical (unpaired) electrons. The highest BCUT2D eigenvalue weighted by molar-refractivity contribution is 5.49. The smallest absolute Gasteiger partial charge is 0.119 e. The van der Waals surface area contributed by atoms with Gasteiger partial charge in [0.2, 0.25) is 0 Å². The lowest BCUT2D eigenvalue weighted by molar-refractivity contribution is 0.0904. The SMILES string of the molecule is COc1cccc([C@@H](C)CCC2COCCN2c2cccc(C)c2)c1. The Labute approximate surface area is 151 Å². The highest BCUT2D eigenvalue weighted by atomic mass is 16.5. The Balaban J connectivity index is 1.65. The molecule has 2 aromatic carbocycles. The van der Waals surface area contributed by atoms with Crippen molar-refractivity contribution in [3.8, 4) is 5.75 Å². The lowest BCUT2D eigenvalue weighted by atomic mass is 9.93. The van der Waals surface area contributed by atoms with E-state index in [9.17, 15) is 0 Å². The summed E-state index contributed by atoms with van der Waals surface area (Å²) < 4.78 is 11.1. The van der Waals surface area contributed by atoms with Crippen LogP contribution >= 0.6 is 0 Å². The molecule has 1 unspecified atom stereocenters. The van der Waals surface area contributed by atoms with E-state index in [1.807, 2.05) is 6.07 Å². The molecule has 1 aliphatic heterocycles. The number of methoxy groups -OCH3 is 1. The van der Waals surface area contributed by atoms with E-state index in [4.69, 9.17) is 9.47 Å². The van der Waals surface area contributed by atoms with Gasteiger partial charge in [-0.1, -0.05) is 31.2 Å². The molecule has 1 fully saturated rings. The number of morpholine rings is 1. The van der Waals surface area contributed by atoms with Crippen LogP contribution in [0.5, 0.6) is 5.75 Å². The Hall–Kier alpha value is -2.00. The van der Waals surface area contributed by atoms with E-state index in [1.54, 1.807) is 7.11 Å². The Kier molecular flexibility index (Phi) is 5.98. The number of hydrogen-bond acceptors (Lipinski definition) is 3. The fraction of sp³-hybridized carbons (Fsp3) is 0.455. The van der Waals surface area contributed by atoms with Crippen LogP contribution in [0, 0.1) is 6.92 Å². The topological polar surface area (TPSA) is 21.7 Å². The van der Waals surface area contributed by atoms with Crippen LogP contribution in [0.25, 0.3) is 0 Å². The van der Waals surface area contributed by atoms with Crippen molar-refractivity contribution in [2.75, 3.05) is 31.8 Å². The van der Waals surface area contributed by atoms with Crippen molar-refractivity contribution in [2.24, 2.45) is 0 Å². The minimum Gasteiger partial charge on any atom is -0.497 e. The summed E-state index contributed by atoms with van der Waals surface area (Å²) in [6, 6.07) is 17.7. The monoisotopic (exact) mass is 339 g/mol. The van der Waals surface area contributed by atoms with Crippen molar-refractivity contribution in [2.45, 2.75) is 38.6 Å². The lowest BCUT2D eigenvalue weighted by Crippen LogP contribution is -2.45. The average Bonchev–Trinajstić information content (AvgIpc) is 2.66. The van der Waals surface area contributed by atoms with Gasteiger partial charge in [-0.15, -0.1) is 0 Å². The van der Waals surface area contributed by atoms with Gasteiger partial charge in [-0.3, -0.25) is 0 Å². The van der Waals surface area contributed by atoms with Gasteiger partial charge in [0, 0.05) is 12.2 Å². The van der Waals surface area contributed by atoms with E-state index in [0.29, 0.717) is 12.0 Å². The molecule has 0 spiro atoms. The van der Waals surface area contributed by atoms with Crippen molar-refractivity contribution in [3.63, 3.8) is 0 Å². The van der Waals surface area contributed by atoms with E-state index in [-0.39, 0.29) is 0 Å². The molecule has 3 rings (SSSR count). The third kappa shape index (κ3) is 4.55. The van der Waals surface area contributed by atoms with Gasteiger partial charge in [-0.2, -0.15) is 0 Å². The molecule has 1 heterocycles. The quantitative estimate of drug-likeness (QED) is 0.755. The first kappa shape index (κ1) is 17.8. The normalized spacial score (nSPS) is 18.8. The maximum Gasteiger partial charge on any atom is 0.119 e. The number of nitrogens with zero attached hydrogens (tertiary/aromatic N) is 1. The van der Waals surface area contributed by atoms with Crippen LogP contribution in [-0.2, 0) is 4.74 Å². The van der Waals surface area contributed by atoms with Gasteiger partial charge in [-0.05, 0) is 61.1 Å². The van der Waals surface area contributed by atoms with Gasteiger partial charge in [-0.25, -0.2) is 0 Å². The Morgan fingerprint density at radius 2 is 2.04 bits per heavy atom. The maximum absolute atomic E-state index is 5.78. The number of rotatable bonds is 6. The molecule has 0 aliphatic carbocycles. The molecule has 0 saturated carbocycles. The zero-order valence-corrected chi connectivity index (χ0v) is 15.6. The van der Waals surface area contributed by atoms with Crippen molar-refractivity contribution >= 4 is 5.69 Å². The molecule has 25 heavy (non-hydrogen) atoms. The summed E-state index contributed by atoms with van der Waals surface area (Å²) in [4.78, 5) is 2.52. The molecule has 2 atom stereocenters. The molecule has 0 N–H and O–H groups in total. The average molecular weight is 339 g/mol. The standard InChI is InChI=1S/C22H29NO2/c1-17-6-4-8-20(14-17)23-12-13-25-16-21(23)11-10-18(2)19-7-5-9-22(15-19)24-3/h4-9,14-15,18,21H,10-13,16H2,1-3H3/t18-,21?/m0/s1. The zero-order valence-electron chi connectivity index (χ0n) is 15.6. The highest BCUT2D eigenvalue weighted by Gasteiger charge is 2.24. The molecule has 3 heteroatoms. The minimum atomic E-state index is 0.448. The third-order valence-electron chi connectivity index (χ3n) is 5.16. The van der Waals surface area contributed by atoms with E-state index in [0.717, 1.165) is 38.3 Å². The summed E-state index contributed by atoms with van der Waals surface area (Å²) in [5, 5.41) is 0. The van der Waals surface area contributed by atoms with Gasteiger partial charge in [0.15, 0.2) is 0 Å². The second-order valence-electron chi connectivity index (χ2n) is 7.02. The number of aryl methyl sites for hydroxylation is 1. The third-order valence-corrected chi connectivity index (χ3v) is 5.16. The predicted molar refractivity (Wildman–Crippen MR) is 104 cm³/mol. The number of hydrogen-bond donors (Lipinski definition) is 0. The first-order chi connectivity index (χ1) is 12.2. The van der Waals surface area contributed by atoms with Crippen LogP contribution < -0.4 is 9.64 Å². The molecular weight excluding hydrogens is 310 g/mol. The van der Waals surface area contributed by atoms with Crippen LogP contribution in [0.2, 0.25) is 0 Å². The Bertz CT molecular complexity index is 685. The summed E-state index contributed by atoms with van der Waals surface area (Å²) in [5.74, 6) is 1.45. The summed E-state index contributed by atoms with van der Waals surface area (Å²) in [6.07, 6.45) is 2.27. The van der Waals surface area contributed by atoms with Crippen molar-refractivity contribution in [1.82, 2.24) is 0 Å². The summed E-state index contributed by atoms with van der Waals surface area (Å²) in [7, 11) is 1.73. The van der Waals surface area contributed by atoms with Crippen LogP contribution in [0.15, 0.2) is 48.5 Å². The van der Waals surface area contributed by atoms with Crippen LogP contribution in [-0.4, -0.2) is 32.9 Å². The molecule has 1 aliphatic rings. The lowest BCUT2D eigenvalue weighted by Gasteiger charge is -2.38. The second kappa shape index (κ2) is 8.39. The van der Waals surface area contributed by atoms with E-state index in [1.165, 1.54) is 16.8 Å². The van der Waals surface area contributed by atoms with Crippen LogP contribution in [0.4, 0.5) is 5.69 Å². The molecule has 0 bridgehead atoms. The Morgan fingerprint density at radius 3 is 2.84 bits per heavy atom. The van der Waals surface area contributed by atoms with E-state index >= 15 is 0 Å². The first-order valence-corrected chi connectivity index (χ1v) is 9.22. The minimum absolute atomic E-state index is 0.448. The number of benzene rings is 2. The molecule has 3 nitrogen and oxygen atoms in total. The van der Waals surface area contributed by atoms with Gasteiger partial charge in [0.05, 0.1) is 26.4 Å². The maximum atomic E-state index is 5.78. The zero-order chi connectivity index (χ0) is 17.6. The Morgan fingerprint density at radius 1 is 1.20 bits per heavy atom. The molecule has 0 amide bonds. The van der Waals surface area contributed by atoms with Gasteiger partial charge >= 0.3 is 0 Å². The van der Waals surface area contributed by atoms with Crippen molar-refractivity contribution in [1.29, 1.82) is 0 Å². The fourth-order valence-electron chi connectivity index (χ4n) is 3.60. The number of ether oxygens (including phenoxy) is 2. The summed E-state index contributed by atoms with van der Waals surface area (Å²) >= 11 is 0. The van der Waals surface area contributed by atoms with Crippen LogP contribution in [0.1, 0.15) is 36.8 Å². The predicted octanol–water partition coefficient (Wildman–Crippen LogP) is 4.79. The second-order valence-corrected chi connectivity index (χ2v) is 7.02. The van der Waals surface area contributed by atoms with Crippen molar-refractivity contribution < 1.29 is 9.47 Å². The van der Waals surface area contributed by atoms with E-state index in [2.05, 4.69) is 61.2 Å². The molecule has 0 aromatic heterocycles. The van der Waals surface area contributed by atoms with Gasteiger partial charge in [0.1, 0.15) is 5.75 Å². The molecule has 134 valence electrons. The molecular formula is C22H29NO2. The largest absolute Gasteiger partial charge is 0.497 e. The van der Waals surface area contributed by atoms with Crippen LogP contribution in [0.3, 0.4) is 0 Å². The van der Waals surface area contributed by atoms with E-state index < -0.39 is 0 Å². The van der Waals surface area contributed by atoms with Gasteiger partial charge < -0.3 is 14.4 Å². The summed E-state index contributed by atoms with van der Waals surface area (Å²) in [5.41, 5.74) is 3.98. The number of anilines is 1. The van der Waals surface area contributed by atoms with Crippen molar-refractivity contribution in [3.05, 3.63) is 59.7 Å². The summed E-state index contributed by atoms with van der Waals surface area (Å²) in [6.45, 7) is 7.07. The van der Waals surface area contributed by atoms with Gasteiger partial charge in [0.25, 0.3) is 0 Å². The molecule has 1 saturated heterocycles. The first-order valence-electron chi connectivity index (χ1n) is 9.22.